The van der Waals surface area contributed by atoms with Crippen LogP contribution >= 0.6 is 0 Å². The number of aliphatic hydroxyl groups is 16. The summed E-state index contributed by atoms with van der Waals surface area (Å²) in [6.07, 6.45) is -34.6. The molecule has 97 heavy (non-hydrogen) atoms. The molecule has 1 aromatic rings. The van der Waals surface area contributed by atoms with Crippen LogP contribution in [-0.4, -0.2) is 337 Å². The van der Waals surface area contributed by atoms with E-state index < -0.39 is 260 Å². The van der Waals surface area contributed by atoms with Crippen LogP contribution in [0.4, 0.5) is 0 Å². The maximum Gasteiger partial charge on any atom is 0.252 e. The van der Waals surface area contributed by atoms with Gasteiger partial charge in [-0.25, -0.2) is 0 Å². The van der Waals surface area contributed by atoms with Gasteiger partial charge in [0.05, 0.1) is 39.6 Å². The molecule has 42 heteroatoms. The van der Waals surface area contributed by atoms with E-state index in [4.69, 9.17) is 48.2 Å². The molecule has 22 atom stereocenters. The molecule has 1 aromatic carbocycles. The van der Waals surface area contributed by atoms with Gasteiger partial charge in [-0.2, -0.15) is 0 Å². The summed E-state index contributed by atoms with van der Waals surface area (Å²) in [5, 5.41) is 182. The van der Waals surface area contributed by atoms with Crippen molar-refractivity contribution in [2.45, 2.75) is 186 Å². The van der Waals surface area contributed by atoms with Crippen LogP contribution in [0.15, 0.2) is 23.3 Å². The average Bonchev–Trinajstić information content (AvgIpc) is 0.886. The first-order valence-electron chi connectivity index (χ1n) is 30.7. The van der Waals surface area contributed by atoms with Crippen molar-refractivity contribution in [2.75, 3.05) is 79.5 Å². The van der Waals surface area contributed by atoms with Crippen LogP contribution in [0.5, 0.6) is 5.75 Å². The molecule has 4 aliphatic rings. The fourth-order valence-corrected chi connectivity index (χ4v) is 9.86. The summed E-state index contributed by atoms with van der Waals surface area (Å²) in [7, 11) is 0. The van der Waals surface area contributed by atoms with E-state index in [1.807, 2.05) is 0 Å². The zero-order valence-electron chi connectivity index (χ0n) is 52.1. The Hall–Kier alpha value is -6.34. The number of hydrogen-bond donors (Lipinski definition) is 23. The zero-order valence-corrected chi connectivity index (χ0v) is 52.1. The largest absolute Gasteiger partial charge is 0.492 e. The Morgan fingerprint density at radius 2 is 0.804 bits per heavy atom. The summed E-state index contributed by atoms with van der Waals surface area (Å²) in [6.45, 7) is -6.53. The Labute approximate surface area is 551 Å². The number of carbonyl (C=O) groups is 7. The molecule has 0 radical (unpaired) electrons. The lowest BCUT2D eigenvalue weighted by Crippen LogP contribution is -2.59. The number of aliphatic hydroxyl groups excluding tert-OH is 16. The predicted molar refractivity (Wildman–Crippen MR) is 315 cm³/mol. The van der Waals surface area contributed by atoms with E-state index in [2.05, 4.69) is 47.2 Å². The molecular formula is C55H88N10O32. The second-order valence-corrected chi connectivity index (χ2v) is 22.5. The molecule has 4 heterocycles. The topological polar surface area (TPSA) is 659 Å². The summed E-state index contributed by atoms with van der Waals surface area (Å²) in [5.74, 6) is -6.80. The second kappa shape index (κ2) is 41.3. The minimum absolute atomic E-state index is 0.0820. The van der Waals surface area contributed by atoms with Crippen molar-refractivity contribution in [1.29, 1.82) is 0 Å². The molecule has 4 saturated heterocycles. The number of rotatable bonds is 39. The highest BCUT2D eigenvalue weighted by atomic mass is 16.7. The second-order valence-electron chi connectivity index (χ2n) is 22.5. The average molecular weight is 1400 g/mol. The third kappa shape index (κ3) is 24.5. The molecule has 5 rings (SSSR count). The van der Waals surface area contributed by atoms with Gasteiger partial charge in [-0.05, 0) is 49.4 Å². The van der Waals surface area contributed by atoms with Crippen molar-refractivity contribution in [3.8, 4) is 5.75 Å². The summed E-state index contributed by atoms with van der Waals surface area (Å²) in [5.41, 5.74) is 7.59. The minimum Gasteiger partial charge on any atom is -0.492 e. The number of nitrogens with zero attached hydrogens (tertiary/aromatic N) is 3. The van der Waals surface area contributed by atoms with Crippen molar-refractivity contribution in [3.63, 3.8) is 0 Å². The van der Waals surface area contributed by atoms with E-state index in [-0.39, 0.29) is 45.0 Å². The van der Waals surface area contributed by atoms with E-state index in [0.717, 1.165) is 18.2 Å². The fraction of sp³-hybridized carbons (Fsp3) is 0.764. The van der Waals surface area contributed by atoms with Gasteiger partial charge in [0.1, 0.15) is 142 Å². The first-order chi connectivity index (χ1) is 46.3. The third-order valence-corrected chi connectivity index (χ3v) is 15.5. The van der Waals surface area contributed by atoms with Gasteiger partial charge in [-0.3, -0.25) is 33.6 Å². The lowest BCUT2D eigenvalue weighted by molar-refractivity contribution is -0.302. The number of nitrogens with one attached hydrogen (secondary N) is 7. The SMILES string of the molecule is [N-]=[N+]=NCCCCCC(=O)NCCOc1cc(C(=O)NC(CCC(=O)NCCO[C@@H]2OC(CO)[C@@H](O)[C@H](O)C2O)C(=O)NCO[C@@H]2OC(CO)[C@@H](O)[C@H](O)C2O)cc(C(=O)NC(CCC(=O)NCO[C@@H]2OC(CO)[C@@H](O)[C@H](O)C2O)C(=O)NCO[C@@H]2OC(CO)[C@@H](O)[C@H](O)C2O)c1. The van der Waals surface area contributed by atoms with Crippen LogP contribution < -0.4 is 42.0 Å². The molecule has 0 bridgehead atoms. The zero-order chi connectivity index (χ0) is 71.5. The van der Waals surface area contributed by atoms with E-state index >= 15 is 0 Å². The molecular weight excluding hydrogens is 1310 g/mol. The normalized spacial score (nSPS) is 30.9. The summed E-state index contributed by atoms with van der Waals surface area (Å²) < 4.78 is 48.5. The van der Waals surface area contributed by atoms with Crippen LogP contribution in [-0.2, 0) is 61.9 Å². The number of benzene rings is 1. The van der Waals surface area contributed by atoms with Crippen LogP contribution in [0.3, 0.4) is 0 Å². The third-order valence-electron chi connectivity index (χ3n) is 15.5. The number of azide groups is 1. The molecule has 4 aliphatic heterocycles. The smallest absolute Gasteiger partial charge is 0.252 e. The lowest BCUT2D eigenvalue weighted by Gasteiger charge is -2.39. The van der Waals surface area contributed by atoms with Crippen LogP contribution in [0.2, 0.25) is 0 Å². The molecule has 4 fully saturated rings. The van der Waals surface area contributed by atoms with E-state index in [9.17, 15) is 115 Å². The van der Waals surface area contributed by atoms with Crippen LogP contribution in [0.1, 0.15) is 72.1 Å². The maximum absolute atomic E-state index is 14.5. The van der Waals surface area contributed by atoms with Gasteiger partial charge < -0.3 is 162 Å². The Morgan fingerprint density at radius 3 is 1.20 bits per heavy atom. The monoisotopic (exact) mass is 1400 g/mol. The molecule has 23 N–H and O–H groups in total. The first-order valence-corrected chi connectivity index (χ1v) is 30.7. The standard InChI is InChI=1S/C55H88N10O32/c56-65-62-9-3-1-2-4-33(70)57-10-12-89-26-15-24(48(85)63-27(50(87)60-22-92-54-46(83)42(79)38(75)31(19-68)96-54)5-7-34(71)58-11-13-90-52-44(81)40(77)36(73)29(17-66)94-52)14-25(16-26)49(86)64-28(51(88)61-23-93-55-47(84)43(80)39(76)32(20-69)97-55)6-8-35(72)59-21-91-53-45(82)41(78)37(74)30(18-67)95-53/h14-16,27-32,36-47,52-55,66-69,73-84H,1-13,17-23H2,(H,57,70)(H,58,71)(H,59,72)(H,60,87)(H,61,88)(H,63,85)(H,64,86)/t27?,28?,29?,30?,31?,32?,36-,37-,38-,39-,40+,41+,42+,43+,44?,45?,46?,47?,52-,53-,54-,55-/m1/s1. The molecule has 0 saturated carbocycles. The summed E-state index contributed by atoms with van der Waals surface area (Å²) >= 11 is 0. The van der Waals surface area contributed by atoms with Crippen molar-refractivity contribution in [3.05, 3.63) is 39.8 Å². The number of carbonyl (C=O) groups excluding carboxylic acids is 7. The Bertz CT molecular complexity index is 2700. The number of hydrogen-bond acceptors (Lipinski definition) is 33. The van der Waals surface area contributed by atoms with Gasteiger partial charge in [0, 0.05) is 48.4 Å². The van der Waals surface area contributed by atoms with E-state index in [1.54, 1.807) is 0 Å². The van der Waals surface area contributed by atoms with Crippen molar-refractivity contribution >= 4 is 41.4 Å². The Balaban J connectivity index is 1.38. The Kier molecular flexibility index (Phi) is 34.6. The number of amides is 7. The van der Waals surface area contributed by atoms with Crippen molar-refractivity contribution in [2.24, 2.45) is 5.11 Å². The number of ether oxygens (including phenoxy) is 9. The molecule has 7 amide bonds. The van der Waals surface area contributed by atoms with Gasteiger partial charge in [-0.15, -0.1) is 0 Å². The van der Waals surface area contributed by atoms with Gasteiger partial charge in [-0.1, -0.05) is 11.5 Å². The van der Waals surface area contributed by atoms with Gasteiger partial charge in [0.15, 0.2) is 25.2 Å². The number of unbranched alkanes of at least 4 members (excludes halogenated alkanes) is 2. The van der Waals surface area contributed by atoms with Gasteiger partial charge in [0.2, 0.25) is 29.5 Å². The van der Waals surface area contributed by atoms with Crippen molar-refractivity contribution in [1.82, 2.24) is 37.2 Å². The first kappa shape index (κ1) is 81.3. The van der Waals surface area contributed by atoms with Crippen LogP contribution in [0.25, 0.3) is 10.4 Å². The van der Waals surface area contributed by atoms with Crippen molar-refractivity contribution < 1.29 is 158 Å². The van der Waals surface area contributed by atoms with Gasteiger partial charge >= 0.3 is 0 Å². The molecule has 0 aromatic heterocycles. The minimum atomic E-state index is -1.92. The molecule has 0 spiro atoms. The Morgan fingerprint density at radius 1 is 0.443 bits per heavy atom. The highest BCUT2D eigenvalue weighted by molar-refractivity contribution is 6.03. The molecule has 42 nitrogen and oxygen atoms in total. The molecule has 550 valence electrons. The summed E-state index contributed by atoms with van der Waals surface area (Å²) in [6, 6.07) is -0.327. The van der Waals surface area contributed by atoms with Crippen LogP contribution in [0, 0.1) is 0 Å². The van der Waals surface area contributed by atoms with E-state index in [1.165, 1.54) is 0 Å². The summed E-state index contributed by atoms with van der Waals surface area (Å²) in [4.78, 5) is 98.6. The molecule has 10 unspecified atom stereocenters. The van der Waals surface area contributed by atoms with Gasteiger partial charge in [0.25, 0.3) is 11.8 Å². The quantitative estimate of drug-likeness (QED) is 0.00957. The lowest BCUT2D eigenvalue weighted by atomic mass is 9.99. The predicted octanol–water partition coefficient (Wildman–Crippen LogP) is -11.6. The van der Waals surface area contributed by atoms with E-state index in [0.29, 0.717) is 19.3 Å². The highest BCUT2D eigenvalue weighted by Crippen LogP contribution is 2.26. The fourth-order valence-electron chi connectivity index (χ4n) is 9.86. The highest BCUT2D eigenvalue weighted by Gasteiger charge is 2.48. The maximum atomic E-state index is 14.5. The molecule has 0 aliphatic carbocycles.